The summed E-state index contributed by atoms with van der Waals surface area (Å²) in [4.78, 5) is 13.3. The molecule has 5 heteroatoms. The number of rotatable bonds is 3. The molecule has 5 nitrogen and oxygen atoms in total. The number of aryl methyl sites for hydroxylation is 2. The Hall–Kier alpha value is -1.91. The molecule has 0 bridgehead atoms. The van der Waals surface area contributed by atoms with Gasteiger partial charge in [0.05, 0.1) is 0 Å². The molecule has 0 radical (unpaired) electrons. The van der Waals surface area contributed by atoms with E-state index >= 15 is 0 Å². The van der Waals surface area contributed by atoms with Crippen LogP contribution in [0.2, 0.25) is 0 Å². The average molecular weight is 231 g/mol. The van der Waals surface area contributed by atoms with E-state index in [1.807, 2.05) is 31.7 Å². The number of nitrogens with zero attached hydrogens (tertiary/aromatic N) is 4. The van der Waals surface area contributed by atoms with Crippen LogP contribution in [0.15, 0.2) is 12.4 Å². The molecule has 0 aliphatic heterocycles. The number of nitrogens with one attached hydrogen (secondary N) is 1. The molecule has 0 saturated heterocycles. The van der Waals surface area contributed by atoms with E-state index in [2.05, 4.69) is 27.2 Å². The zero-order chi connectivity index (χ0) is 12.4. The standard InChI is InChI=1S/C12H17N5/c1-5-10-15-11(13-4)8(2)12(16-10)17-7-6-14-9(17)3/h6-7H,5H2,1-4H3,(H,13,15,16). The molecule has 0 amide bonds. The van der Waals surface area contributed by atoms with Crippen molar-refractivity contribution < 1.29 is 0 Å². The van der Waals surface area contributed by atoms with Gasteiger partial charge < -0.3 is 5.32 Å². The molecule has 0 aliphatic carbocycles. The summed E-state index contributed by atoms with van der Waals surface area (Å²) in [7, 11) is 1.87. The number of imidazole rings is 1. The zero-order valence-corrected chi connectivity index (χ0v) is 10.7. The van der Waals surface area contributed by atoms with Crippen molar-refractivity contribution in [3.05, 3.63) is 29.6 Å². The second-order valence-electron chi connectivity index (χ2n) is 3.89. The molecule has 2 heterocycles. The normalized spacial score (nSPS) is 10.6. The van der Waals surface area contributed by atoms with Crippen LogP contribution in [0.5, 0.6) is 0 Å². The molecule has 2 aromatic heterocycles. The third-order valence-electron chi connectivity index (χ3n) is 2.77. The van der Waals surface area contributed by atoms with E-state index < -0.39 is 0 Å². The maximum Gasteiger partial charge on any atom is 0.146 e. The summed E-state index contributed by atoms with van der Waals surface area (Å²) in [5.41, 5.74) is 1.03. The summed E-state index contributed by atoms with van der Waals surface area (Å²) >= 11 is 0. The molecule has 0 aliphatic rings. The van der Waals surface area contributed by atoms with Gasteiger partial charge in [0, 0.05) is 31.4 Å². The molecule has 1 N–H and O–H groups in total. The largest absolute Gasteiger partial charge is 0.373 e. The topological polar surface area (TPSA) is 55.6 Å². The predicted octanol–water partition coefficient (Wildman–Crippen LogP) is 1.88. The van der Waals surface area contributed by atoms with Gasteiger partial charge >= 0.3 is 0 Å². The van der Waals surface area contributed by atoms with Crippen molar-refractivity contribution in [2.24, 2.45) is 0 Å². The smallest absolute Gasteiger partial charge is 0.146 e. The van der Waals surface area contributed by atoms with E-state index in [1.165, 1.54) is 0 Å². The number of aromatic nitrogens is 4. The molecule has 90 valence electrons. The fourth-order valence-corrected chi connectivity index (χ4v) is 1.79. The molecule has 17 heavy (non-hydrogen) atoms. The van der Waals surface area contributed by atoms with E-state index in [0.29, 0.717) is 0 Å². The third-order valence-corrected chi connectivity index (χ3v) is 2.77. The predicted molar refractivity (Wildman–Crippen MR) is 67.6 cm³/mol. The SMILES string of the molecule is CCc1nc(NC)c(C)c(-n2ccnc2C)n1. The highest BCUT2D eigenvalue weighted by Crippen LogP contribution is 2.19. The Morgan fingerprint density at radius 2 is 2.06 bits per heavy atom. The van der Waals surface area contributed by atoms with Crippen LogP contribution >= 0.6 is 0 Å². The minimum absolute atomic E-state index is 0.815. The van der Waals surface area contributed by atoms with Gasteiger partial charge in [0.15, 0.2) is 0 Å². The summed E-state index contributed by atoms with van der Waals surface area (Å²) < 4.78 is 1.98. The lowest BCUT2D eigenvalue weighted by molar-refractivity contribution is 0.856. The second-order valence-corrected chi connectivity index (χ2v) is 3.89. The monoisotopic (exact) mass is 231 g/mol. The highest BCUT2D eigenvalue weighted by molar-refractivity contribution is 5.51. The quantitative estimate of drug-likeness (QED) is 0.876. The minimum Gasteiger partial charge on any atom is -0.373 e. The highest BCUT2D eigenvalue weighted by atomic mass is 15.2. The summed E-state index contributed by atoms with van der Waals surface area (Å²) in [6, 6.07) is 0. The van der Waals surface area contributed by atoms with Crippen LogP contribution in [0.1, 0.15) is 24.1 Å². The lowest BCUT2D eigenvalue weighted by Crippen LogP contribution is -2.09. The summed E-state index contributed by atoms with van der Waals surface area (Å²) in [5.74, 6) is 3.54. The highest BCUT2D eigenvalue weighted by Gasteiger charge is 2.12. The maximum absolute atomic E-state index is 4.57. The van der Waals surface area contributed by atoms with Crippen molar-refractivity contribution in [2.75, 3.05) is 12.4 Å². The molecular weight excluding hydrogens is 214 g/mol. The first-order valence-corrected chi connectivity index (χ1v) is 5.73. The van der Waals surface area contributed by atoms with Crippen molar-refractivity contribution in [1.29, 1.82) is 0 Å². The van der Waals surface area contributed by atoms with Crippen molar-refractivity contribution in [1.82, 2.24) is 19.5 Å². The Morgan fingerprint density at radius 3 is 2.59 bits per heavy atom. The van der Waals surface area contributed by atoms with Gasteiger partial charge in [0.25, 0.3) is 0 Å². The van der Waals surface area contributed by atoms with Crippen molar-refractivity contribution >= 4 is 5.82 Å². The maximum atomic E-state index is 4.57. The van der Waals surface area contributed by atoms with Gasteiger partial charge in [0.2, 0.25) is 0 Å². The summed E-state index contributed by atoms with van der Waals surface area (Å²) in [6.07, 6.45) is 4.51. The van der Waals surface area contributed by atoms with Gasteiger partial charge in [-0.05, 0) is 13.8 Å². The van der Waals surface area contributed by atoms with Crippen LogP contribution in [-0.2, 0) is 6.42 Å². The number of hydrogen-bond donors (Lipinski definition) is 1. The Morgan fingerprint density at radius 1 is 1.29 bits per heavy atom. The zero-order valence-electron chi connectivity index (χ0n) is 10.7. The van der Waals surface area contributed by atoms with E-state index in [0.717, 1.165) is 35.3 Å². The Bertz CT molecular complexity index is 530. The molecule has 0 unspecified atom stereocenters. The van der Waals surface area contributed by atoms with Gasteiger partial charge in [-0.2, -0.15) is 0 Å². The van der Waals surface area contributed by atoms with Gasteiger partial charge in [-0.3, -0.25) is 4.57 Å². The van der Waals surface area contributed by atoms with Gasteiger partial charge in [-0.15, -0.1) is 0 Å². The fraction of sp³-hybridized carbons (Fsp3) is 0.417. The van der Waals surface area contributed by atoms with Gasteiger partial charge in [-0.1, -0.05) is 6.92 Å². The Balaban J connectivity index is 2.64. The molecule has 0 aromatic carbocycles. The van der Waals surface area contributed by atoms with Crippen LogP contribution in [0.4, 0.5) is 5.82 Å². The van der Waals surface area contributed by atoms with E-state index in [4.69, 9.17) is 0 Å². The Kier molecular flexibility index (Phi) is 3.08. The van der Waals surface area contributed by atoms with E-state index in [1.54, 1.807) is 6.20 Å². The van der Waals surface area contributed by atoms with Crippen LogP contribution in [0.25, 0.3) is 5.82 Å². The lowest BCUT2D eigenvalue weighted by Gasteiger charge is -2.13. The third kappa shape index (κ3) is 2.00. The second kappa shape index (κ2) is 4.53. The average Bonchev–Trinajstić information content (AvgIpc) is 2.76. The summed E-state index contributed by atoms with van der Waals surface area (Å²) in [6.45, 7) is 6.03. The first-order valence-electron chi connectivity index (χ1n) is 5.73. The molecule has 0 atom stereocenters. The van der Waals surface area contributed by atoms with Crippen LogP contribution < -0.4 is 5.32 Å². The lowest BCUT2D eigenvalue weighted by atomic mass is 10.3. The number of anilines is 1. The molecule has 2 rings (SSSR count). The van der Waals surface area contributed by atoms with Crippen molar-refractivity contribution in [3.63, 3.8) is 0 Å². The molecular formula is C12H17N5. The first-order chi connectivity index (χ1) is 8.17. The van der Waals surface area contributed by atoms with Crippen LogP contribution in [-0.4, -0.2) is 26.6 Å². The van der Waals surface area contributed by atoms with Gasteiger partial charge in [-0.25, -0.2) is 15.0 Å². The minimum atomic E-state index is 0.815. The molecule has 0 fully saturated rings. The van der Waals surface area contributed by atoms with E-state index in [9.17, 15) is 0 Å². The van der Waals surface area contributed by atoms with Crippen LogP contribution in [0.3, 0.4) is 0 Å². The molecule has 2 aromatic rings. The molecule has 0 spiro atoms. The Labute approximate surface area is 101 Å². The van der Waals surface area contributed by atoms with Crippen LogP contribution in [0, 0.1) is 13.8 Å². The fourth-order valence-electron chi connectivity index (χ4n) is 1.79. The van der Waals surface area contributed by atoms with Gasteiger partial charge in [0.1, 0.15) is 23.3 Å². The number of hydrogen-bond acceptors (Lipinski definition) is 4. The van der Waals surface area contributed by atoms with Crippen molar-refractivity contribution in [3.8, 4) is 5.82 Å². The van der Waals surface area contributed by atoms with Crippen molar-refractivity contribution in [2.45, 2.75) is 27.2 Å². The van der Waals surface area contributed by atoms with E-state index in [-0.39, 0.29) is 0 Å². The first kappa shape index (κ1) is 11.6. The summed E-state index contributed by atoms with van der Waals surface area (Å²) in [5, 5.41) is 3.11. The molecule has 0 saturated carbocycles.